The monoisotopic (exact) mass is 787 g/mol. The molecule has 4 aliphatic carbocycles. The average molecular weight is 787 g/mol. The summed E-state index contributed by atoms with van der Waals surface area (Å²) in [6.07, 6.45) is 22.3. The molecule has 0 aromatic rings. The van der Waals surface area contributed by atoms with E-state index in [1.54, 1.807) is 32.9 Å². The first-order valence-electron chi connectivity index (χ1n) is 22.2. The number of fused-ring (bicyclic) bond motifs is 5. The van der Waals surface area contributed by atoms with Gasteiger partial charge in [0.1, 0.15) is 18.3 Å². The Labute approximate surface area is 336 Å². The standard InChI is InChI=1S/C46H74O10/c1-7-9-11-13-15-16-17-18-20-22-24-26-39(50)55-42-33(4)45(53)36(40-43(6,31-47)46(40,42)56-34(5)48)28-35(29-44(52)37(45)27-32(3)41(44)51)30-54-38(49)25-23-21-19-14-12-10-8-2/h27-28,33,36-37,40,42,47,52-53H,7-26,29-31H2,1-6H3/t33-,36+,37-,40-,42-,43-,44-,45-,46-/m1/s1. The summed E-state index contributed by atoms with van der Waals surface area (Å²) >= 11 is 0. The van der Waals surface area contributed by atoms with E-state index < -0.39 is 76.3 Å². The first-order chi connectivity index (χ1) is 26.7. The molecular weight excluding hydrogens is 712 g/mol. The second kappa shape index (κ2) is 20.4. The molecule has 9 atom stereocenters. The van der Waals surface area contributed by atoms with Crippen LogP contribution in [0.5, 0.6) is 0 Å². The lowest BCUT2D eigenvalue weighted by Gasteiger charge is -2.53. The van der Waals surface area contributed by atoms with Crippen molar-refractivity contribution in [2.75, 3.05) is 13.2 Å². The third-order valence-corrected chi connectivity index (χ3v) is 13.8. The van der Waals surface area contributed by atoms with Crippen LogP contribution in [0.4, 0.5) is 0 Å². The predicted molar refractivity (Wildman–Crippen MR) is 215 cm³/mol. The van der Waals surface area contributed by atoms with E-state index in [0.717, 1.165) is 38.5 Å². The van der Waals surface area contributed by atoms with Crippen LogP contribution in [-0.4, -0.2) is 75.1 Å². The van der Waals surface area contributed by atoms with Gasteiger partial charge < -0.3 is 29.5 Å². The first-order valence-corrected chi connectivity index (χ1v) is 22.2. The fourth-order valence-electron chi connectivity index (χ4n) is 10.7. The molecule has 2 fully saturated rings. The number of rotatable bonds is 25. The maximum absolute atomic E-state index is 13.8. The molecule has 0 heterocycles. The number of carbonyl (C=O) groups excluding carboxylic acids is 4. The number of hydrogen-bond acceptors (Lipinski definition) is 10. The van der Waals surface area contributed by atoms with Gasteiger partial charge >= 0.3 is 17.9 Å². The fourth-order valence-corrected chi connectivity index (χ4v) is 10.7. The number of Topliss-reactive ketones (excluding diaryl/α,β-unsaturated/α-hetero) is 1. The van der Waals surface area contributed by atoms with Gasteiger partial charge in [-0.2, -0.15) is 0 Å². The van der Waals surface area contributed by atoms with Gasteiger partial charge in [0.05, 0.1) is 12.2 Å². The minimum Gasteiger partial charge on any atom is -0.461 e. The number of aliphatic hydroxyl groups is 3. The molecule has 10 heteroatoms. The third kappa shape index (κ3) is 9.65. The Morgan fingerprint density at radius 3 is 1.79 bits per heavy atom. The van der Waals surface area contributed by atoms with Crippen LogP contribution in [0.15, 0.2) is 23.3 Å². The van der Waals surface area contributed by atoms with Crippen molar-refractivity contribution >= 4 is 23.7 Å². The highest BCUT2D eigenvalue weighted by Crippen LogP contribution is 2.77. The molecule has 4 aliphatic rings. The number of ether oxygens (including phenoxy) is 3. The minimum atomic E-state index is -2.05. The van der Waals surface area contributed by atoms with E-state index in [1.807, 2.05) is 0 Å². The Hall–Kier alpha value is -2.56. The molecule has 56 heavy (non-hydrogen) atoms. The van der Waals surface area contributed by atoms with Gasteiger partial charge in [0, 0.05) is 55.3 Å². The summed E-state index contributed by atoms with van der Waals surface area (Å²) in [5, 5.41) is 36.4. The van der Waals surface area contributed by atoms with Gasteiger partial charge in [0.15, 0.2) is 11.4 Å². The maximum Gasteiger partial charge on any atom is 0.306 e. The number of esters is 3. The van der Waals surface area contributed by atoms with Crippen LogP contribution in [0, 0.1) is 29.1 Å². The summed E-state index contributed by atoms with van der Waals surface area (Å²) < 4.78 is 18.1. The lowest BCUT2D eigenvalue weighted by atomic mass is 9.59. The molecule has 0 unspecified atom stereocenters. The molecule has 0 aliphatic heterocycles. The van der Waals surface area contributed by atoms with Gasteiger partial charge in [-0.3, -0.25) is 19.2 Å². The molecule has 10 nitrogen and oxygen atoms in total. The molecule has 0 saturated heterocycles. The van der Waals surface area contributed by atoms with Crippen LogP contribution in [0.2, 0.25) is 0 Å². The second-order valence-corrected chi connectivity index (χ2v) is 18.0. The summed E-state index contributed by atoms with van der Waals surface area (Å²) in [6.45, 7) is 10.1. The van der Waals surface area contributed by atoms with E-state index >= 15 is 0 Å². The van der Waals surface area contributed by atoms with Crippen molar-refractivity contribution in [3.63, 3.8) is 0 Å². The van der Waals surface area contributed by atoms with Crippen LogP contribution in [-0.2, 0) is 33.4 Å². The zero-order valence-corrected chi connectivity index (χ0v) is 35.5. The molecule has 0 amide bonds. The van der Waals surface area contributed by atoms with Gasteiger partial charge in [-0.1, -0.05) is 143 Å². The number of carbonyl (C=O) groups is 4. The van der Waals surface area contributed by atoms with E-state index in [-0.39, 0.29) is 31.8 Å². The summed E-state index contributed by atoms with van der Waals surface area (Å²) in [4.78, 5) is 53.1. The Morgan fingerprint density at radius 1 is 0.786 bits per heavy atom. The first kappa shape index (κ1) is 46.1. The smallest absolute Gasteiger partial charge is 0.306 e. The van der Waals surface area contributed by atoms with E-state index in [4.69, 9.17) is 14.2 Å². The van der Waals surface area contributed by atoms with Crippen molar-refractivity contribution in [3.8, 4) is 0 Å². The second-order valence-electron chi connectivity index (χ2n) is 18.0. The number of ketones is 1. The maximum atomic E-state index is 13.8. The molecular formula is C46H74O10. The topological polar surface area (TPSA) is 157 Å². The van der Waals surface area contributed by atoms with Crippen LogP contribution < -0.4 is 0 Å². The van der Waals surface area contributed by atoms with E-state index in [2.05, 4.69) is 13.8 Å². The normalized spacial score (nSPS) is 33.0. The number of hydrogen-bond donors (Lipinski definition) is 3. The SMILES string of the molecule is CCCCCCCCCCCCCC(=O)O[C@@H]1[C@@H](C)[C@@]2(O)[C@@H](C=C(COC(=O)CCCCCCCCC)C[C@]3(O)C(=O)C(C)=C[C@@H]23)[C@H]2[C@]1(OC(C)=O)[C@]2(C)CO. The highest BCUT2D eigenvalue weighted by molar-refractivity contribution is 6.04. The number of unbranched alkanes of at least 4 members (excludes halogenated alkanes) is 16. The van der Waals surface area contributed by atoms with Crippen LogP contribution in [0.1, 0.15) is 176 Å². The predicted octanol–water partition coefficient (Wildman–Crippen LogP) is 8.42. The summed E-state index contributed by atoms with van der Waals surface area (Å²) in [5.41, 5.74) is -5.76. The molecule has 0 aromatic carbocycles. The zero-order valence-electron chi connectivity index (χ0n) is 35.5. The zero-order chi connectivity index (χ0) is 41.1. The van der Waals surface area contributed by atoms with Crippen molar-refractivity contribution in [2.45, 2.75) is 199 Å². The van der Waals surface area contributed by atoms with Gasteiger partial charge in [-0.15, -0.1) is 0 Å². The average Bonchev–Trinajstić information content (AvgIpc) is 3.63. The quantitative estimate of drug-likeness (QED) is 0.0355. The minimum absolute atomic E-state index is 0.151. The molecule has 0 spiro atoms. The van der Waals surface area contributed by atoms with E-state index in [9.17, 15) is 34.5 Å². The van der Waals surface area contributed by atoms with Crippen molar-refractivity contribution in [3.05, 3.63) is 23.3 Å². The van der Waals surface area contributed by atoms with Crippen molar-refractivity contribution < 1.29 is 48.7 Å². The Morgan fingerprint density at radius 2 is 1.29 bits per heavy atom. The molecule has 0 aromatic heterocycles. The molecule has 318 valence electrons. The summed E-state index contributed by atoms with van der Waals surface area (Å²) in [6, 6.07) is 0. The third-order valence-electron chi connectivity index (χ3n) is 13.8. The van der Waals surface area contributed by atoms with Crippen molar-refractivity contribution in [1.82, 2.24) is 0 Å². The Balaban J connectivity index is 1.53. The lowest BCUT2D eigenvalue weighted by molar-refractivity contribution is -0.228. The molecule has 0 radical (unpaired) electrons. The summed E-state index contributed by atoms with van der Waals surface area (Å²) in [7, 11) is 0. The largest absolute Gasteiger partial charge is 0.461 e. The molecule has 3 N–H and O–H groups in total. The van der Waals surface area contributed by atoms with Gasteiger partial charge in [-0.25, -0.2) is 0 Å². The lowest BCUT2D eigenvalue weighted by Crippen LogP contribution is -2.66. The highest BCUT2D eigenvalue weighted by atomic mass is 16.6. The van der Waals surface area contributed by atoms with Crippen LogP contribution in [0.25, 0.3) is 0 Å². The summed E-state index contributed by atoms with van der Waals surface area (Å²) in [5.74, 6) is -5.65. The van der Waals surface area contributed by atoms with Gasteiger partial charge in [0.25, 0.3) is 0 Å². The molecule has 0 bridgehead atoms. The Kier molecular flexibility index (Phi) is 16.8. The fraction of sp³-hybridized carbons (Fsp3) is 0.826. The van der Waals surface area contributed by atoms with Gasteiger partial charge in [0.2, 0.25) is 0 Å². The molecule has 4 rings (SSSR count). The van der Waals surface area contributed by atoms with Gasteiger partial charge in [-0.05, 0) is 30.9 Å². The Bertz CT molecular complexity index is 1420. The van der Waals surface area contributed by atoms with Crippen molar-refractivity contribution in [2.24, 2.45) is 29.1 Å². The highest BCUT2D eigenvalue weighted by Gasteiger charge is 2.89. The van der Waals surface area contributed by atoms with Crippen LogP contribution in [0.3, 0.4) is 0 Å². The molecule has 2 saturated carbocycles. The van der Waals surface area contributed by atoms with Crippen LogP contribution >= 0.6 is 0 Å². The van der Waals surface area contributed by atoms with E-state index in [0.29, 0.717) is 24.0 Å². The van der Waals surface area contributed by atoms with E-state index in [1.165, 1.54) is 71.1 Å². The van der Waals surface area contributed by atoms with Crippen molar-refractivity contribution in [1.29, 1.82) is 0 Å². The number of aliphatic hydroxyl groups excluding tert-OH is 1.